The number of ether oxygens (including phenoxy) is 1. The molecule has 0 fully saturated rings. The molecule has 0 atom stereocenters. The Morgan fingerprint density at radius 3 is 2.42 bits per heavy atom. The first-order valence-corrected chi connectivity index (χ1v) is 8.48. The maximum Gasteiger partial charge on any atom is 0.412 e. The molecular weight excluding hydrogens is 348 g/mol. The average molecular weight is 367 g/mol. The topological polar surface area (TPSA) is 58.6 Å². The van der Waals surface area contributed by atoms with E-state index in [1.807, 2.05) is 13.0 Å². The van der Waals surface area contributed by atoms with Crippen LogP contribution in [0.2, 0.25) is 0 Å². The van der Waals surface area contributed by atoms with Crippen molar-refractivity contribution in [1.29, 1.82) is 0 Å². The summed E-state index contributed by atoms with van der Waals surface area (Å²) < 4.78 is 6.26. The lowest BCUT2D eigenvalue weighted by molar-refractivity contribution is 0.0636. The van der Waals surface area contributed by atoms with E-state index in [0.717, 1.165) is 9.30 Å². The van der Waals surface area contributed by atoms with Gasteiger partial charge in [-0.2, -0.15) is 0 Å². The molecule has 0 saturated carbocycles. The number of aryl methyl sites for hydroxylation is 1. The van der Waals surface area contributed by atoms with E-state index in [-0.39, 0.29) is 0 Å². The number of para-hydroxylation sites is 1. The molecule has 128 valence electrons. The Bertz CT molecular complexity index is 738. The normalized spacial score (nSPS) is 11.0. The van der Waals surface area contributed by atoms with Gasteiger partial charge in [-0.1, -0.05) is 18.2 Å². The molecular formula is C17H19ClN2O3S. The number of rotatable bonds is 3. The summed E-state index contributed by atoms with van der Waals surface area (Å²) in [6.07, 6.45) is -0.612. The van der Waals surface area contributed by atoms with Crippen LogP contribution in [0.25, 0.3) is 0 Å². The van der Waals surface area contributed by atoms with Crippen LogP contribution < -0.4 is 9.74 Å². The zero-order valence-corrected chi connectivity index (χ0v) is 15.5. The number of carbonyl (C=O) groups excluding carboxylic acids is 2. The highest BCUT2D eigenvalue weighted by atomic mass is 35.5. The molecule has 0 bridgehead atoms. The van der Waals surface area contributed by atoms with Crippen molar-refractivity contribution < 1.29 is 14.3 Å². The van der Waals surface area contributed by atoms with E-state index in [1.54, 1.807) is 51.1 Å². The minimum absolute atomic E-state index is 0.321. The Kier molecular flexibility index (Phi) is 5.51. The lowest BCUT2D eigenvalue weighted by Crippen LogP contribution is -2.28. The summed E-state index contributed by atoms with van der Waals surface area (Å²) in [4.78, 5) is 25.5. The minimum Gasteiger partial charge on any atom is -0.444 e. The summed E-state index contributed by atoms with van der Waals surface area (Å²) in [6.45, 7) is 7.17. The number of hydrogen-bond acceptors (Lipinski definition) is 4. The molecule has 0 saturated heterocycles. The number of hydrogen-bond donors (Lipinski definition) is 1. The second-order valence-corrected chi connectivity index (χ2v) is 7.74. The molecule has 0 aliphatic heterocycles. The van der Waals surface area contributed by atoms with Crippen molar-refractivity contribution >= 4 is 45.8 Å². The number of nitrogens with zero attached hydrogens (tertiary/aromatic N) is 1. The Hall–Kier alpha value is -2.05. The molecule has 1 aromatic carbocycles. The Morgan fingerprint density at radius 1 is 1.21 bits per heavy atom. The Labute approximate surface area is 150 Å². The quantitative estimate of drug-likeness (QED) is 0.759. The van der Waals surface area contributed by atoms with Crippen LogP contribution in [0.1, 0.15) is 36.0 Å². The first-order chi connectivity index (χ1) is 11.2. The van der Waals surface area contributed by atoms with E-state index in [2.05, 4.69) is 5.32 Å². The largest absolute Gasteiger partial charge is 0.444 e. The van der Waals surface area contributed by atoms with Crippen molar-refractivity contribution in [3.8, 4) is 0 Å². The molecule has 1 N–H and O–H groups in total. The molecule has 1 heterocycles. The van der Waals surface area contributed by atoms with Gasteiger partial charge in [0.25, 0.3) is 5.91 Å². The van der Waals surface area contributed by atoms with Gasteiger partial charge in [-0.05, 0) is 45.9 Å². The number of anilines is 2. The summed E-state index contributed by atoms with van der Waals surface area (Å²) in [6, 6.07) is 10.6. The van der Waals surface area contributed by atoms with E-state index < -0.39 is 17.6 Å². The molecule has 5 nitrogen and oxygen atoms in total. The van der Waals surface area contributed by atoms with Gasteiger partial charge in [-0.25, -0.2) is 9.21 Å². The molecule has 0 aliphatic carbocycles. The van der Waals surface area contributed by atoms with Gasteiger partial charge < -0.3 is 4.74 Å². The zero-order valence-electron chi connectivity index (χ0n) is 13.9. The number of carbonyl (C=O) groups is 2. The highest BCUT2D eigenvalue weighted by Gasteiger charge is 2.24. The van der Waals surface area contributed by atoms with Gasteiger partial charge in [0, 0.05) is 16.7 Å². The van der Waals surface area contributed by atoms with Gasteiger partial charge in [0.1, 0.15) is 10.6 Å². The fraction of sp³-hybridized carbons (Fsp3) is 0.294. The third-order valence-electron chi connectivity index (χ3n) is 2.86. The third kappa shape index (κ3) is 4.72. The predicted molar refractivity (Wildman–Crippen MR) is 98.0 cm³/mol. The van der Waals surface area contributed by atoms with Gasteiger partial charge in [-0.3, -0.25) is 10.1 Å². The third-order valence-corrected chi connectivity index (χ3v) is 4.18. The molecule has 7 heteroatoms. The van der Waals surface area contributed by atoms with Crippen molar-refractivity contribution in [3.63, 3.8) is 0 Å². The lowest BCUT2D eigenvalue weighted by Gasteiger charge is -2.20. The SMILES string of the molecule is Cc1cc(C(=O)N(Cl)c2ccccc2)c(NC(=O)OC(C)(C)C)s1. The van der Waals surface area contributed by atoms with Crippen LogP contribution in [0.15, 0.2) is 36.4 Å². The molecule has 2 aromatic rings. The van der Waals surface area contributed by atoms with Gasteiger partial charge >= 0.3 is 6.09 Å². The molecule has 1 aromatic heterocycles. The summed E-state index contributed by atoms with van der Waals surface area (Å²) in [5.41, 5.74) is 0.252. The monoisotopic (exact) mass is 366 g/mol. The fourth-order valence-electron chi connectivity index (χ4n) is 1.94. The van der Waals surface area contributed by atoms with Crippen molar-refractivity contribution in [2.24, 2.45) is 0 Å². The minimum atomic E-state index is -0.622. The Morgan fingerprint density at radius 2 is 1.83 bits per heavy atom. The fourth-order valence-corrected chi connectivity index (χ4v) is 3.04. The molecule has 24 heavy (non-hydrogen) atoms. The highest BCUT2D eigenvalue weighted by Crippen LogP contribution is 2.31. The van der Waals surface area contributed by atoms with Crippen LogP contribution in [-0.2, 0) is 4.74 Å². The molecule has 0 unspecified atom stereocenters. The van der Waals surface area contributed by atoms with Crippen LogP contribution in [0.3, 0.4) is 0 Å². The standard InChI is InChI=1S/C17H19ClN2O3S/c1-11-10-13(14(24-11)19-16(22)23-17(2,3)4)15(21)20(18)12-8-6-5-7-9-12/h5-10H,1-4H3,(H,19,22). The second-order valence-electron chi connectivity index (χ2n) is 6.15. The van der Waals surface area contributed by atoms with Crippen LogP contribution in [0.4, 0.5) is 15.5 Å². The smallest absolute Gasteiger partial charge is 0.412 e. The van der Waals surface area contributed by atoms with E-state index in [1.165, 1.54) is 11.3 Å². The Balaban J connectivity index is 2.22. The van der Waals surface area contributed by atoms with Crippen molar-refractivity contribution in [2.75, 3.05) is 9.74 Å². The van der Waals surface area contributed by atoms with Crippen LogP contribution in [0.5, 0.6) is 0 Å². The lowest BCUT2D eigenvalue weighted by atomic mass is 10.2. The summed E-state index contributed by atoms with van der Waals surface area (Å²) >= 11 is 7.45. The first kappa shape index (κ1) is 18.3. The van der Waals surface area contributed by atoms with Gasteiger partial charge in [0.2, 0.25) is 0 Å². The summed E-state index contributed by atoms with van der Waals surface area (Å²) in [5, 5.41) is 3.04. The average Bonchev–Trinajstić information content (AvgIpc) is 2.85. The molecule has 0 spiro atoms. The molecule has 0 radical (unpaired) electrons. The van der Waals surface area contributed by atoms with E-state index in [0.29, 0.717) is 16.3 Å². The summed E-state index contributed by atoms with van der Waals surface area (Å²) in [5.74, 6) is -0.418. The van der Waals surface area contributed by atoms with Crippen LogP contribution >= 0.6 is 23.1 Å². The van der Waals surface area contributed by atoms with E-state index in [9.17, 15) is 9.59 Å². The van der Waals surface area contributed by atoms with Gasteiger partial charge in [0.15, 0.2) is 0 Å². The molecule has 0 aliphatic rings. The number of thiophene rings is 1. The van der Waals surface area contributed by atoms with E-state index >= 15 is 0 Å². The van der Waals surface area contributed by atoms with Crippen LogP contribution in [0, 0.1) is 6.92 Å². The predicted octanol–water partition coefficient (Wildman–Crippen LogP) is 5.20. The molecule has 2 rings (SSSR count). The second kappa shape index (κ2) is 7.23. The maximum atomic E-state index is 12.7. The van der Waals surface area contributed by atoms with Crippen LogP contribution in [-0.4, -0.2) is 17.6 Å². The zero-order chi connectivity index (χ0) is 17.9. The first-order valence-electron chi connectivity index (χ1n) is 7.33. The highest BCUT2D eigenvalue weighted by molar-refractivity contribution is 7.16. The molecule has 2 amide bonds. The number of halogens is 1. The van der Waals surface area contributed by atoms with Gasteiger partial charge in [0.05, 0.1) is 11.3 Å². The van der Waals surface area contributed by atoms with Crippen molar-refractivity contribution in [1.82, 2.24) is 0 Å². The number of nitrogens with one attached hydrogen (secondary N) is 1. The van der Waals surface area contributed by atoms with Crippen molar-refractivity contribution in [2.45, 2.75) is 33.3 Å². The number of benzene rings is 1. The summed E-state index contributed by atoms with van der Waals surface area (Å²) in [7, 11) is 0. The van der Waals surface area contributed by atoms with Crippen molar-refractivity contribution in [3.05, 3.63) is 46.8 Å². The maximum absolute atomic E-state index is 12.7. The van der Waals surface area contributed by atoms with Gasteiger partial charge in [-0.15, -0.1) is 11.3 Å². The number of amides is 2. The van der Waals surface area contributed by atoms with E-state index in [4.69, 9.17) is 16.5 Å².